The van der Waals surface area contributed by atoms with E-state index in [9.17, 15) is 14.7 Å². The Bertz CT molecular complexity index is 657. The van der Waals surface area contributed by atoms with Crippen LogP contribution in [0.15, 0.2) is 18.5 Å². The third-order valence-corrected chi connectivity index (χ3v) is 6.12. The zero-order chi connectivity index (χ0) is 20.7. The number of piperidine rings is 1. The van der Waals surface area contributed by atoms with Crippen LogP contribution in [0, 0.1) is 0 Å². The normalized spacial score (nSPS) is 24.3. The maximum absolute atomic E-state index is 12.6. The molecule has 2 N–H and O–H groups in total. The topological polar surface area (TPSA) is 90.7 Å². The van der Waals surface area contributed by atoms with Gasteiger partial charge in [-0.25, -0.2) is 0 Å². The molecule has 3 rings (SSSR count). The van der Waals surface area contributed by atoms with E-state index in [2.05, 4.69) is 15.3 Å². The molecule has 2 amide bonds. The van der Waals surface area contributed by atoms with E-state index >= 15 is 0 Å². The highest BCUT2D eigenvalue weighted by Crippen LogP contribution is 2.25. The number of nitrogens with zero attached hydrogens (tertiary/aromatic N) is 4. The number of hydrogen-bond acceptors (Lipinski definition) is 5. The summed E-state index contributed by atoms with van der Waals surface area (Å²) < 4.78 is 1.85. The van der Waals surface area contributed by atoms with E-state index in [-0.39, 0.29) is 17.9 Å². The number of β-amino-alcohol motifs (C(OH)–C–C–N with tert-alkyl or cyclic N) is 1. The molecule has 1 aromatic rings. The van der Waals surface area contributed by atoms with Crippen molar-refractivity contribution in [2.24, 2.45) is 0 Å². The minimum atomic E-state index is -0.731. The number of aryl methyl sites for hydroxylation is 1. The van der Waals surface area contributed by atoms with Crippen molar-refractivity contribution in [1.82, 2.24) is 24.9 Å². The molecular formula is C21H35N5O3. The fraction of sp³-hybridized carbons (Fsp3) is 0.762. The number of rotatable bonds is 7. The molecule has 0 saturated carbocycles. The van der Waals surface area contributed by atoms with Gasteiger partial charge in [0.25, 0.3) is 0 Å². The minimum absolute atomic E-state index is 0.0280. The van der Waals surface area contributed by atoms with Gasteiger partial charge < -0.3 is 20.2 Å². The maximum atomic E-state index is 12.6. The van der Waals surface area contributed by atoms with Crippen LogP contribution in [0.1, 0.15) is 51.9 Å². The van der Waals surface area contributed by atoms with Gasteiger partial charge in [-0.1, -0.05) is 0 Å². The zero-order valence-electron chi connectivity index (χ0n) is 17.6. The standard InChI is InChI=1S/C21H35N5O3/c1-18(27)23-19-6-14-24(15-7-19)17-21(29)8-3-11-25(16-9-21)20(28)5-2-12-26-13-4-10-22-26/h4,10,13,19,29H,2-3,5-9,11-12,14-17H2,1H3,(H,23,27). The van der Waals surface area contributed by atoms with E-state index in [4.69, 9.17) is 0 Å². The molecule has 8 heteroatoms. The van der Waals surface area contributed by atoms with Gasteiger partial charge in [-0.15, -0.1) is 0 Å². The van der Waals surface area contributed by atoms with Gasteiger partial charge in [-0.3, -0.25) is 14.3 Å². The Kier molecular flexibility index (Phi) is 7.66. The van der Waals surface area contributed by atoms with E-state index < -0.39 is 5.60 Å². The minimum Gasteiger partial charge on any atom is -0.388 e. The highest BCUT2D eigenvalue weighted by atomic mass is 16.3. The second kappa shape index (κ2) is 10.2. The first-order valence-electron chi connectivity index (χ1n) is 10.9. The maximum Gasteiger partial charge on any atom is 0.222 e. The second-order valence-electron chi connectivity index (χ2n) is 8.58. The van der Waals surface area contributed by atoms with Crippen molar-refractivity contribution in [3.63, 3.8) is 0 Å². The predicted octanol–water partition coefficient (Wildman–Crippen LogP) is 1.01. The first-order chi connectivity index (χ1) is 13.9. The average molecular weight is 406 g/mol. The van der Waals surface area contributed by atoms with Gasteiger partial charge in [0.15, 0.2) is 0 Å². The lowest BCUT2D eigenvalue weighted by Crippen LogP contribution is -2.50. The van der Waals surface area contributed by atoms with Crippen molar-refractivity contribution in [2.75, 3.05) is 32.7 Å². The van der Waals surface area contributed by atoms with Gasteiger partial charge in [-0.2, -0.15) is 5.10 Å². The fourth-order valence-electron chi connectivity index (χ4n) is 4.51. The molecule has 8 nitrogen and oxygen atoms in total. The lowest BCUT2D eigenvalue weighted by Gasteiger charge is -2.38. The van der Waals surface area contributed by atoms with E-state index in [1.165, 1.54) is 0 Å². The third-order valence-electron chi connectivity index (χ3n) is 6.12. The van der Waals surface area contributed by atoms with Crippen LogP contribution in [0.4, 0.5) is 0 Å². The molecular weight excluding hydrogens is 370 g/mol. The van der Waals surface area contributed by atoms with E-state index in [0.29, 0.717) is 25.9 Å². The molecule has 1 aromatic heterocycles. The summed E-state index contributed by atoms with van der Waals surface area (Å²) in [6.07, 6.45) is 9.02. The smallest absolute Gasteiger partial charge is 0.222 e. The molecule has 0 radical (unpaired) electrons. The predicted molar refractivity (Wildman–Crippen MR) is 110 cm³/mol. The van der Waals surface area contributed by atoms with Crippen molar-refractivity contribution < 1.29 is 14.7 Å². The number of aliphatic hydroxyl groups is 1. The molecule has 29 heavy (non-hydrogen) atoms. The number of carbonyl (C=O) groups excluding carboxylic acids is 2. The fourth-order valence-corrected chi connectivity index (χ4v) is 4.51. The summed E-state index contributed by atoms with van der Waals surface area (Å²) in [5, 5.41) is 18.3. The highest BCUT2D eigenvalue weighted by molar-refractivity contribution is 5.76. The van der Waals surface area contributed by atoms with Gasteiger partial charge in [0.2, 0.25) is 11.8 Å². The van der Waals surface area contributed by atoms with Crippen molar-refractivity contribution >= 4 is 11.8 Å². The molecule has 3 heterocycles. The van der Waals surface area contributed by atoms with Crippen molar-refractivity contribution in [2.45, 2.75) is 70.1 Å². The molecule has 162 valence electrons. The van der Waals surface area contributed by atoms with E-state index in [0.717, 1.165) is 58.3 Å². The SMILES string of the molecule is CC(=O)NC1CCN(CC2(O)CCCN(C(=O)CCCn3cccn3)CC2)CC1. The molecule has 2 saturated heterocycles. The second-order valence-corrected chi connectivity index (χ2v) is 8.58. The molecule has 0 aliphatic carbocycles. The molecule has 0 bridgehead atoms. The van der Waals surface area contributed by atoms with Crippen molar-refractivity contribution in [3.05, 3.63) is 18.5 Å². The quantitative estimate of drug-likeness (QED) is 0.707. The first-order valence-corrected chi connectivity index (χ1v) is 10.9. The van der Waals surface area contributed by atoms with Crippen LogP contribution in [-0.4, -0.2) is 80.9 Å². The van der Waals surface area contributed by atoms with Crippen LogP contribution >= 0.6 is 0 Å². The molecule has 1 unspecified atom stereocenters. The lowest BCUT2D eigenvalue weighted by atomic mass is 9.93. The van der Waals surface area contributed by atoms with E-state index in [1.807, 2.05) is 21.8 Å². The number of nitrogens with one attached hydrogen (secondary N) is 1. The van der Waals surface area contributed by atoms with Crippen LogP contribution in [0.2, 0.25) is 0 Å². The Balaban J connectivity index is 1.40. The lowest BCUT2D eigenvalue weighted by molar-refractivity contribution is -0.131. The number of likely N-dealkylation sites (tertiary alicyclic amines) is 2. The summed E-state index contributed by atoms with van der Waals surface area (Å²) in [4.78, 5) is 28.0. The highest BCUT2D eigenvalue weighted by Gasteiger charge is 2.34. The average Bonchev–Trinajstić information content (AvgIpc) is 3.11. The van der Waals surface area contributed by atoms with Crippen LogP contribution in [-0.2, 0) is 16.1 Å². The van der Waals surface area contributed by atoms with Gasteiger partial charge in [0.1, 0.15) is 0 Å². The summed E-state index contributed by atoms with van der Waals surface area (Å²) in [6, 6.07) is 2.14. The monoisotopic (exact) mass is 405 g/mol. The van der Waals surface area contributed by atoms with Crippen LogP contribution in [0.25, 0.3) is 0 Å². The Hall–Kier alpha value is -1.93. The number of carbonyl (C=O) groups is 2. The molecule has 2 aliphatic heterocycles. The van der Waals surface area contributed by atoms with Crippen LogP contribution in [0.3, 0.4) is 0 Å². The van der Waals surface area contributed by atoms with Gasteiger partial charge in [0, 0.05) is 71.0 Å². The first kappa shape index (κ1) is 21.8. The Morgan fingerprint density at radius 3 is 2.69 bits per heavy atom. The van der Waals surface area contributed by atoms with Gasteiger partial charge in [-0.05, 0) is 44.6 Å². The number of aromatic nitrogens is 2. The van der Waals surface area contributed by atoms with E-state index in [1.54, 1.807) is 13.1 Å². The summed E-state index contributed by atoms with van der Waals surface area (Å²) in [6.45, 7) is 6.11. The summed E-state index contributed by atoms with van der Waals surface area (Å²) in [5.74, 6) is 0.206. The summed E-state index contributed by atoms with van der Waals surface area (Å²) in [5.41, 5.74) is -0.731. The molecule has 0 aromatic carbocycles. The van der Waals surface area contributed by atoms with Gasteiger partial charge in [0.05, 0.1) is 5.60 Å². The van der Waals surface area contributed by atoms with Crippen molar-refractivity contribution in [3.8, 4) is 0 Å². The molecule has 0 spiro atoms. The Labute approximate surface area is 173 Å². The number of hydrogen-bond donors (Lipinski definition) is 2. The zero-order valence-corrected chi connectivity index (χ0v) is 17.6. The molecule has 2 aliphatic rings. The third kappa shape index (κ3) is 6.82. The summed E-state index contributed by atoms with van der Waals surface area (Å²) >= 11 is 0. The summed E-state index contributed by atoms with van der Waals surface area (Å²) in [7, 11) is 0. The van der Waals surface area contributed by atoms with Crippen molar-refractivity contribution in [1.29, 1.82) is 0 Å². The van der Waals surface area contributed by atoms with Crippen LogP contribution < -0.4 is 5.32 Å². The molecule has 2 fully saturated rings. The largest absolute Gasteiger partial charge is 0.388 e. The van der Waals surface area contributed by atoms with Gasteiger partial charge >= 0.3 is 0 Å². The van der Waals surface area contributed by atoms with Crippen LogP contribution in [0.5, 0.6) is 0 Å². The Morgan fingerprint density at radius 1 is 1.21 bits per heavy atom. The Morgan fingerprint density at radius 2 is 2.00 bits per heavy atom. The number of amides is 2. The molecule has 1 atom stereocenters.